The lowest BCUT2D eigenvalue weighted by atomic mass is 10.1. The van der Waals surface area contributed by atoms with Crippen molar-refractivity contribution in [2.75, 3.05) is 13.2 Å². The number of hydrogen-bond donors (Lipinski definition) is 1. The van der Waals surface area contributed by atoms with Crippen LogP contribution in [0.5, 0.6) is 5.75 Å². The van der Waals surface area contributed by atoms with E-state index in [2.05, 4.69) is 0 Å². The standard InChI is InChI=1S/C12H16O3/c1-9-3-2-4-10(7-13)12(9)15-11-5-6-14-8-11/h2-4,11,13H,5-8H2,1H3. The second-order valence-corrected chi connectivity index (χ2v) is 3.82. The SMILES string of the molecule is Cc1cccc(CO)c1OC1CCOC1. The largest absolute Gasteiger partial charge is 0.487 e. The topological polar surface area (TPSA) is 38.7 Å². The first-order chi connectivity index (χ1) is 7.31. The van der Waals surface area contributed by atoms with E-state index in [1.54, 1.807) is 0 Å². The molecule has 0 aromatic heterocycles. The molecule has 1 unspecified atom stereocenters. The van der Waals surface area contributed by atoms with E-state index in [1.807, 2.05) is 25.1 Å². The van der Waals surface area contributed by atoms with Crippen molar-refractivity contribution < 1.29 is 14.6 Å². The predicted molar refractivity (Wildman–Crippen MR) is 57.0 cm³/mol. The van der Waals surface area contributed by atoms with Crippen molar-refractivity contribution >= 4 is 0 Å². The number of para-hydroxylation sites is 1. The van der Waals surface area contributed by atoms with Crippen LogP contribution in [0.25, 0.3) is 0 Å². The molecule has 1 aromatic carbocycles. The van der Waals surface area contributed by atoms with Crippen LogP contribution in [0.2, 0.25) is 0 Å². The Hall–Kier alpha value is -1.06. The first kappa shape index (κ1) is 10.5. The molecule has 1 N–H and O–H groups in total. The van der Waals surface area contributed by atoms with E-state index in [0.717, 1.165) is 29.9 Å². The molecule has 15 heavy (non-hydrogen) atoms. The Morgan fingerprint density at radius 3 is 3.07 bits per heavy atom. The van der Waals surface area contributed by atoms with Gasteiger partial charge in [0.2, 0.25) is 0 Å². The summed E-state index contributed by atoms with van der Waals surface area (Å²) in [6.45, 7) is 3.43. The van der Waals surface area contributed by atoms with Crippen LogP contribution >= 0.6 is 0 Å². The Bertz CT molecular complexity index is 330. The van der Waals surface area contributed by atoms with Gasteiger partial charge in [-0.2, -0.15) is 0 Å². The monoisotopic (exact) mass is 208 g/mol. The number of ether oxygens (including phenoxy) is 2. The summed E-state index contributed by atoms with van der Waals surface area (Å²) in [6.07, 6.45) is 1.07. The molecular weight excluding hydrogens is 192 g/mol. The van der Waals surface area contributed by atoms with Gasteiger partial charge in [0.1, 0.15) is 11.9 Å². The van der Waals surface area contributed by atoms with E-state index in [0.29, 0.717) is 6.61 Å². The van der Waals surface area contributed by atoms with E-state index in [1.165, 1.54) is 0 Å². The van der Waals surface area contributed by atoms with Gasteiger partial charge in [-0.25, -0.2) is 0 Å². The summed E-state index contributed by atoms with van der Waals surface area (Å²) >= 11 is 0. The van der Waals surface area contributed by atoms with Crippen molar-refractivity contribution in [3.05, 3.63) is 29.3 Å². The molecule has 3 nitrogen and oxygen atoms in total. The molecular formula is C12H16O3. The zero-order chi connectivity index (χ0) is 10.7. The normalized spacial score (nSPS) is 20.5. The van der Waals surface area contributed by atoms with Gasteiger partial charge in [-0.05, 0) is 12.5 Å². The first-order valence-corrected chi connectivity index (χ1v) is 5.25. The highest BCUT2D eigenvalue weighted by Crippen LogP contribution is 2.26. The number of hydrogen-bond acceptors (Lipinski definition) is 3. The lowest BCUT2D eigenvalue weighted by Gasteiger charge is -2.16. The number of rotatable bonds is 3. The molecule has 1 aliphatic heterocycles. The third kappa shape index (κ3) is 2.30. The maximum Gasteiger partial charge on any atom is 0.128 e. The van der Waals surface area contributed by atoms with Crippen LogP contribution in [0, 0.1) is 6.92 Å². The number of aliphatic hydroxyl groups is 1. The van der Waals surface area contributed by atoms with Crippen LogP contribution in [0.15, 0.2) is 18.2 Å². The first-order valence-electron chi connectivity index (χ1n) is 5.25. The second kappa shape index (κ2) is 4.64. The minimum absolute atomic E-state index is 0.0184. The van der Waals surface area contributed by atoms with E-state index in [9.17, 15) is 5.11 Å². The highest BCUT2D eigenvalue weighted by molar-refractivity contribution is 5.40. The fourth-order valence-corrected chi connectivity index (χ4v) is 1.78. The van der Waals surface area contributed by atoms with E-state index >= 15 is 0 Å². The highest BCUT2D eigenvalue weighted by atomic mass is 16.5. The van der Waals surface area contributed by atoms with E-state index in [-0.39, 0.29) is 12.7 Å². The van der Waals surface area contributed by atoms with E-state index < -0.39 is 0 Å². The average Bonchev–Trinajstić information content (AvgIpc) is 2.74. The average molecular weight is 208 g/mol. The molecule has 1 aliphatic rings. The van der Waals surface area contributed by atoms with Crippen molar-refractivity contribution in [3.8, 4) is 5.75 Å². The molecule has 0 spiro atoms. The molecule has 2 rings (SSSR count). The van der Waals surface area contributed by atoms with Crippen molar-refractivity contribution in [1.29, 1.82) is 0 Å². The van der Waals surface area contributed by atoms with Gasteiger partial charge in [0.05, 0.1) is 19.8 Å². The van der Waals surface area contributed by atoms with Crippen LogP contribution < -0.4 is 4.74 Å². The molecule has 0 aliphatic carbocycles. The highest BCUT2D eigenvalue weighted by Gasteiger charge is 2.19. The van der Waals surface area contributed by atoms with Gasteiger partial charge >= 0.3 is 0 Å². The van der Waals surface area contributed by atoms with Gasteiger partial charge < -0.3 is 14.6 Å². The Morgan fingerprint density at radius 2 is 2.40 bits per heavy atom. The fourth-order valence-electron chi connectivity index (χ4n) is 1.78. The molecule has 3 heteroatoms. The quantitative estimate of drug-likeness (QED) is 0.821. The Labute approximate surface area is 89.6 Å². The van der Waals surface area contributed by atoms with Gasteiger partial charge in [0, 0.05) is 12.0 Å². The number of benzene rings is 1. The summed E-state index contributed by atoms with van der Waals surface area (Å²) < 4.78 is 11.1. The number of aryl methyl sites for hydroxylation is 1. The fraction of sp³-hybridized carbons (Fsp3) is 0.500. The maximum atomic E-state index is 9.21. The molecule has 0 amide bonds. The smallest absolute Gasteiger partial charge is 0.128 e. The molecule has 1 atom stereocenters. The van der Waals surface area contributed by atoms with Crippen molar-refractivity contribution in [2.24, 2.45) is 0 Å². The molecule has 0 radical (unpaired) electrons. The van der Waals surface area contributed by atoms with Gasteiger partial charge in [0.15, 0.2) is 0 Å². The lowest BCUT2D eigenvalue weighted by Crippen LogP contribution is -2.17. The predicted octanol–water partition coefficient (Wildman–Crippen LogP) is 1.66. The van der Waals surface area contributed by atoms with Gasteiger partial charge in [-0.1, -0.05) is 18.2 Å². The van der Waals surface area contributed by atoms with Crippen molar-refractivity contribution in [2.45, 2.75) is 26.1 Å². The second-order valence-electron chi connectivity index (χ2n) is 3.82. The van der Waals surface area contributed by atoms with Crippen LogP contribution in [0.4, 0.5) is 0 Å². The summed E-state index contributed by atoms with van der Waals surface area (Å²) in [5, 5.41) is 9.21. The zero-order valence-corrected chi connectivity index (χ0v) is 8.90. The molecule has 82 valence electrons. The van der Waals surface area contributed by atoms with Gasteiger partial charge in [-0.3, -0.25) is 0 Å². The molecule has 0 bridgehead atoms. The Balaban J connectivity index is 2.17. The molecule has 1 saturated heterocycles. The molecule has 1 heterocycles. The summed E-state index contributed by atoms with van der Waals surface area (Å²) in [7, 11) is 0. The minimum Gasteiger partial charge on any atom is -0.487 e. The maximum absolute atomic E-state index is 9.21. The third-order valence-corrected chi connectivity index (χ3v) is 2.64. The Kier molecular flexibility index (Phi) is 3.23. The summed E-state index contributed by atoms with van der Waals surface area (Å²) in [5.41, 5.74) is 1.91. The van der Waals surface area contributed by atoms with Crippen molar-refractivity contribution in [3.63, 3.8) is 0 Å². The summed E-state index contributed by atoms with van der Waals surface area (Å²) in [4.78, 5) is 0. The van der Waals surface area contributed by atoms with Gasteiger partial charge in [0.25, 0.3) is 0 Å². The lowest BCUT2D eigenvalue weighted by molar-refractivity contribution is 0.138. The number of aliphatic hydroxyl groups excluding tert-OH is 1. The summed E-state index contributed by atoms with van der Waals surface area (Å²) in [5.74, 6) is 0.815. The Morgan fingerprint density at radius 1 is 1.53 bits per heavy atom. The van der Waals surface area contributed by atoms with Crippen LogP contribution in [-0.4, -0.2) is 24.4 Å². The van der Waals surface area contributed by atoms with E-state index in [4.69, 9.17) is 9.47 Å². The van der Waals surface area contributed by atoms with Crippen LogP contribution in [0.3, 0.4) is 0 Å². The zero-order valence-electron chi connectivity index (χ0n) is 8.90. The minimum atomic E-state index is 0.0184. The van der Waals surface area contributed by atoms with Crippen LogP contribution in [0.1, 0.15) is 17.5 Å². The molecule has 1 aromatic rings. The van der Waals surface area contributed by atoms with Crippen LogP contribution in [-0.2, 0) is 11.3 Å². The molecule has 0 saturated carbocycles. The summed E-state index contributed by atoms with van der Waals surface area (Å²) in [6, 6.07) is 5.81. The third-order valence-electron chi connectivity index (χ3n) is 2.64. The molecule has 1 fully saturated rings. The van der Waals surface area contributed by atoms with Crippen molar-refractivity contribution in [1.82, 2.24) is 0 Å². The van der Waals surface area contributed by atoms with Gasteiger partial charge in [-0.15, -0.1) is 0 Å².